The third-order valence-corrected chi connectivity index (χ3v) is 6.90. The van der Waals surface area contributed by atoms with Gasteiger partial charge in [-0.05, 0) is 42.5 Å². The van der Waals surface area contributed by atoms with E-state index in [4.69, 9.17) is 0 Å². The van der Waals surface area contributed by atoms with Crippen LogP contribution in [-0.2, 0) is 10.0 Å². The first-order valence-electron chi connectivity index (χ1n) is 10.5. The van der Waals surface area contributed by atoms with Gasteiger partial charge in [-0.15, -0.1) is 0 Å². The lowest BCUT2D eigenvalue weighted by molar-refractivity contribution is 0.103. The van der Waals surface area contributed by atoms with Crippen LogP contribution >= 0.6 is 0 Å². The first-order chi connectivity index (χ1) is 17.7. The van der Waals surface area contributed by atoms with Gasteiger partial charge < -0.3 is 4.98 Å². The van der Waals surface area contributed by atoms with Gasteiger partial charge in [0.25, 0.3) is 10.0 Å². The molecule has 5 aromatic rings. The zero-order valence-electron chi connectivity index (χ0n) is 18.5. The largest absolute Gasteiger partial charge is 0.345 e. The number of ketones is 1. The number of hydrogen-bond donors (Lipinski definition) is 2. The highest BCUT2D eigenvalue weighted by molar-refractivity contribution is 7.92. The van der Waals surface area contributed by atoms with E-state index in [0.717, 1.165) is 6.07 Å². The van der Waals surface area contributed by atoms with Crippen molar-refractivity contribution in [1.29, 1.82) is 0 Å². The Balaban J connectivity index is 1.56. The third kappa shape index (κ3) is 4.42. The molecule has 5 rings (SSSR count). The molecule has 3 heterocycles. The summed E-state index contributed by atoms with van der Waals surface area (Å²) < 4.78 is 84.5. The van der Waals surface area contributed by atoms with E-state index in [1.54, 1.807) is 35.3 Å². The highest BCUT2D eigenvalue weighted by atomic mass is 32.2. The van der Waals surface area contributed by atoms with Gasteiger partial charge in [-0.2, -0.15) is 0 Å². The molecule has 186 valence electrons. The number of nitrogens with one attached hydrogen (secondary N) is 2. The minimum absolute atomic E-state index is 0.123. The van der Waals surface area contributed by atoms with Crippen LogP contribution in [0, 0.1) is 23.3 Å². The van der Waals surface area contributed by atoms with E-state index in [0.29, 0.717) is 35.4 Å². The van der Waals surface area contributed by atoms with E-state index in [2.05, 4.69) is 15.0 Å². The lowest BCUT2D eigenvalue weighted by Gasteiger charge is -2.12. The molecule has 0 aliphatic carbocycles. The van der Waals surface area contributed by atoms with Crippen molar-refractivity contribution in [2.24, 2.45) is 0 Å². The Morgan fingerprint density at radius 3 is 2.46 bits per heavy atom. The van der Waals surface area contributed by atoms with Gasteiger partial charge in [0.05, 0.1) is 11.3 Å². The molecule has 12 heteroatoms. The van der Waals surface area contributed by atoms with E-state index in [9.17, 15) is 26.4 Å². The summed E-state index contributed by atoms with van der Waals surface area (Å²) in [6.07, 6.45) is 5.92. The molecule has 2 aromatic carbocycles. The number of rotatable bonds is 6. The Hall–Kier alpha value is -4.58. The first kappa shape index (κ1) is 24.1. The van der Waals surface area contributed by atoms with Crippen molar-refractivity contribution in [2.45, 2.75) is 4.90 Å². The number of aromatic nitrogens is 3. The monoisotopic (exact) mass is 526 g/mol. The predicted molar refractivity (Wildman–Crippen MR) is 126 cm³/mol. The average Bonchev–Trinajstić information content (AvgIpc) is 3.31. The van der Waals surface area contributed by atoms with E-state index >= 15 is 4.39 Å². The quantitative estimate of drug-likeness (QED) is 0.233. The number of H-pyrrole nitrogens is 1. The predicted octanol–water partition coefficient (Wildman–Crippen LogP) is 5.21. The molecule has 2 N–H and O–H groups in total. The molecule has 0 spiro atoms. The zero-order valence-corrected chi connectivity index (χ0v) is 19.3. The Morgan fingerprint density at radius 2 is 1.70 bits per heavy atom. The van der Waals surface area contributed by atoms with E-state index in [1.807, 2.05) is 0 Å². The van der Waals surface area contributed by atoms with Gasteiger partial charge in [0, 0.05) is 46.9 Å². The SMILES string of the molecule is O=C(c1c(F)ccc(NS(=O)(=O)c2cc(F)ccc2F)c1F)c1c[nH]c2ncc(-c3cccnc3)cc12. The van der Waals surface area contributed by atoms with E-state index < -0.39 is 55.2 Å². The molecule has 3 aromatic heterocycles. The summed E-state index contributed by atoms with van der Waals surface area (Å²) in [4.78, 5) is 23.2. The second kappa shape index (κ2) is 9.13. The van der Waals surface area contributed by atoms with Gasteiger partial charge in [-0.1, -0.05) is 6.07 Å². The third-order valence-electron chi connectivity index (χ3n) is 5.52. The van der Waals surface area contributed by atoms with Crippen LogP contribution in [0.1, 0.15) is 15.9 Å². The molecular weight excluding hydrogens is 512 g/mol. The minimum Gasteiger partial charge on any atom is -0.345 e. The summed E-state index contributed by atoms with van der Waals surface area (Å²) in [5.41, 5.74) is -0.448. The fourth-order valence-electron chi connectivity index (χ4n) is 3.74. The molecule has 0 unspecified atom stereocenters. The van der Waals surface area contributed by atoms with Crippen LogP contribution in [0.4, 0.5) is 23.2 Å². The number of nitrogens with zero attached hydrogens (tertiary/aromatic N) is 2. The van der Waals surface area contributed by atoms with Crippen molar-refractivity contribution in [3.05, 3.63) is 108 Å². The Kier molecular flexibility index (Phi) is 5.96. The average molecular weight is 526 g/mol. The number of aromatic amines is 1. The summed E-state index contributed by atoms with van der Waals surface area (Å²) in [7, 11) is -4.83. The fraction of sp³-hybridized carbons (Fsp3) is 0. The highest BCUT2D eigenvalue weighted by Crippen LogP contribution is 2.30. The maximum absolute atomic E-state index is 15.4. The minimum atomic E-state index is -4.83. The van der Waals surface area contributed by atoms with Crippen LogP contribution in [0.15, 0.2) is 78.2 Å². The number of benzene rings is 2. The van der Waals surface area contributed by atoms with Crippen molar-refractivity contribution in [3.63, 3.8) is 0 Å². The maximum Gasteiger partial charge on any atom is 0.265 e. The topological polar surface area (TPSA) is 105 Å². The summed E-state index contributed by atoms with van der Waals surface area (Å²) in [6, 6.07) is 8.18. The Bertz CT molecular complexity index is 1790. The summed E-state index contributed by atoms with van der Waals surface area (Å²) in [6.45, 7) is 0. The lowest BCUT2D eigenvalue weighted by atomic mass is 10.00. The van der Waals surface area contributed by atoms with Crippen LogP contribution in [-0.4, -0.2) is 29.2 Å². The number of carbonyl (C=O) groups excluding carboxylic acids is 1. The number of pyridine rings is 2. The molecule has 0 aliphatic heterocycles. The molecule has 0 amide bonds. The van der Waals surface area contributed by atoms with Crippen molar-refractivity contribution < 1.29 is 30.8 Å². The molecule has 0 radical (unpaired) electrons. The second-order valence-electron chi connectivity index (χ2n) is 7.86. The number of hydrogen-bond acceptors (Lipinski definition) is 5. The van der Waals surface area contributed by atoms with Crippen LogP contribution in [0.25, 0.3) is 22.2 Å². The zero-order chi connectivity index (χ0) is 26.3. The smallest absolute Gasteiger partial charge is 0.265 e. The van der Waals surface area contributed by atoms with Crippen molar-refractivity contribution in [3.8, 4) is 11.1 Å². The molecule has 0 bridgehead atoms. The van der Waals surface area contributed by atoms with Crippen LogP contribution in [0.2, 0.25) is 0 Å². The molecule has 0 saturated carbocycles. The number of carbonyl (C=O) groups is 1. The van der Waals surface area contributed by atoms with Gasteiger partial charge in [-0.3, -0.25) is 14.5 Å². The van der Waals surface area contributed by atoms with Gasteiger partial charge >= 0.3 is 0 Å². The van der Waals surface area contributed by atoms with E-state index in [-0.39, 0.29) is 16.6 Å². The van der Waals surface area contributed by atoms with Crippen molar-refractivity contribution in [2.75, 3.05) is 4.72 Å². The van der Waals surface area contributed by atoms with Gasteiger partial charge in [0.1, 0.15) is 28.0 Å². The summed E-state index contributed by atoms with van der Waals surface area (Å²) in [5.74, 6) is -6.21. The van der Waals surface area contributed by atoms with Crippen LogP contribution in [0.3, 0.4) is 0 Å². The first-order valence-corrected chi connectivity index (χ1v) is 12.0. The number of anilines is 1. The molecule has 0 aliphatic rings. The lowest BCUT2D eigenvalue weighted by Crippen LogP contribution is -2.17. The Labute approximate surface area is 206 Å². The van der Waals surface area contributed by atoms with Gasteiger partial charge in [0.2, 0.25) is 5.78 Å². The number of halogens is 4. The van der Waals surface area contributed by atoms with Crippen molar-refractivity contribution in [1.82, 2.24) is 15.0 Å². The molecule has 37 heavy (non-hydrogen) atoms. The molecule has 0 atom stereocenters. The maximum atomic E-state index is 15.4. The number of fused-ring (bicyclic) bond motifs is 1. The second-order valence-corrected chi connectivity index (χ2v) is 9.51. The van der Waals surface area contributed by atoms with Crippen LogP contribution < -0.4 is 4.72 Å². The standard InChI is InChI=1S/C25H14F4N4O3S/c26-15-3-4-18(27)21(9-15)37(35,36)33-20-6-5-19(28)22(23(20)29)24(34)17-12-32-25-16(17)8-14(11-31-25)13-2-1-7-30-10-13/h1-12,33H,(H,31,32). The fourth-order valence-corrected chi connectivity index (χ4v) is 4.89. The van der Waals surface area contributed by atoms with Crippen LogP contribution in [0.5, 0.6) is 0 Å². The molecular formula is C25H14F4N4O3S. The van der Waals surface area contributed by atoms with Gasteiger partial charge in [-0.25, -0.2) is 31.0 Å². The Morgan fingerprint density at radius 1 is 0.919 bits per heavy atom. The van der Waals surface area contributed by atoms with Gasteiger partial charge in [0.15, 0.2) is 5.82 Å². The number of sulfonamides is 1. The van der Waals surface area contributed by atoms with E-state index in [1.165, 1.54) is 12.4 Å². The van der Waals surface area contributed by atoms with Crippen molar-refractivity contribution >= 4 is 32.5 Å². The highest BCUT2D eigenvalue weighted by Gasteiger charge is 2.27. The molecule has 0 saturated heterocycles. The summed E-state index contributed by atoms with van der Waals surface area (Å²) >= 11 is 0. The molecule has 0 fully saturated rings. The molecule has 7 nitrogen and oxygen atoms in total. The normalized spacial score (nSPS) is 11.6. The summed E-state index contributed by atoms with van der Waals surface area (Å²) in [5, 5.41) is 0.262.